The number of anilines is 2. The van der Waals surface area contributed by atoms with E-state index in [0.717, 1.165) is 11.8 Å². The van der Waals surface area contributed by atoms with E-state index in [1.165, 1.54) is 42.7 Å². The molecule has 4 rings (SSSR count). The molecule has 11 nitrogen and oxygen atoms in total. The number of carbonyl (C=O) groups is 2. The number of hydrogen-bond acceptors (Lipinski definition) is 9. The zero-order chi connectivity index (χ0) is 30.1. The third-order valence-electron chi connectivity index (χ3n) is 5.88. The highest BCUT2D eigenvalue weighted by Gasteiger charge is 2.21. The van der Waals surface area contributed by atoms with E-state index in [1.807, 2.05) is 30.3 Å². The summed E-state index contributed by atoms with van der Waals surface area (Å²) >= 11 is 5.85. The molecule has 2 aromatic heterocycles. The number of nitrogens with two attached hydrogens (primary N) is 1. The maximum atomic E-state index is 13.4. The van der Waals surface area contributed by atoms with Crippen molar-refractivity contribution in [2.45, 2.75) is 17.6 Å². The number of pyridine rings is 2. The smallest absolute Gasteiger partial charge is 0.277 e. The lowest BCUT2D eigenvalue weighted by atomic mass is 10.1. The van der Waals surface area contributed by atoms with E-state index in [-0.39, 0.29) is 59.0 Å². The van der Waals surface area contributed by atoms with Gasteiger partial charge >= 0.3 is 0 Å². The monoisotopic (exact) mass is 645 g/mol. The van der Waals surface area contributed by atoms with Crippen molar-refractivity contribution in [3.05, 3.63) is 107 Å². The maximum Gasteiger partial charge on any atom is 0.277 e. The predicted molar refractivity (Wildman–Crippen MR) is 166 cm³/mol. The van der Waals surface area contributed by atoms with Crippen LogP contribution in [0.4, 0.5) is 11.5 Å². The largest absolute Gasteiger partial charge is 0.490 e. The number of nitrogens with zero attached hydrogens (tertiary/aromatic N) is 2. The summed E-state index contributed by atoms with van der Waals surface area (Å²) in [4.78, 5) is 34.4. The highest BCUT2D eigenvalue weighted by atomic mass is 35.5. The Balaban J connectivity index is 0.00000506. The summed E-state index contributed by atoms with van der Waals surface area (Å²) in [5.41, 5.74) is 6.87. The van der Waals surface area contributed by atoms with Gasteiger partial charge in [0.25, 0.3) is 11.8 Å². The average molecular weight is 647 g/mol. The number of halogens is 2. The minimum absolute atomic E-state index is 0. The summed E-state index contributed by atoms with van der Waals surface area (Å²) < 4.78 is 36.2. The molecule has 0 bridgehead atoms. The van der Waals surface area contributed by atoms with Crippen molar-refractivity contribution in [1.29, 1.82) is 0 Å². The number of sulfone groups is 1. The quantitative estimate of drug-likeness (QED) is 0.203. The van der Waals surface area contributed by atoms with Gasteiger partial charge in [-0.3, -0.25) is 9.59 Å². The first-order valence-electron chi connectivity index (χ1n) is 12.7. The van der Waals surface area contributed by atoms with Crippen LogP contribution in [0, 0.1) is 0 Å². The molecule has 4 N–H and O–H groups in total. The van der Waals surface area contributed by atoms with Crippen molar-refractivity contribution in [2.24, 2.45) is 5.73 Å². The Bertz CT molecular complexity index is 1660. The number of hydrogen-bond donors (Lipinski definition) is 3. The molecule has 2 aromatic carbocycles. The van der Waals surface area contributed by atoms with E-state index in [2.05, 4.69) is 20.6 Å². The third kappa shape index (κ3) is 9.46. The predicted octanol–water partition coefficient (Wildman–Crippen LogP) is 4.38. The second-order valence-electron chi connectivity index (χ2n) is 9.06. The fraction of sp³-hybridized carbons (Fsp3) is 0.172. The van der Waals surface area contributed by atoms with Gasteiger partial charge in [-0.15, -0.1) is 12.4 Å². The lowest BCUT2D eigenvalue weighted by Crippen LogP contribution is -2.30. The van der Waals surface area contributed by atoms with Crippen LogP contribution in [0.2, 0.25) is 5.02 Å². The van der Waals surface area contributed by atoms with Gasteiger partial charge in [0, 0.05) is 25.2 Å². The average Bonchev–Trinajstić information content (AvgIpc) is 2.98. The van der Waals surface area contributed by atoms with E-state index < -0.39 is 27.8 Å². The van der Waals surface area contributed by atoms with Crippen LogP contribution in [0.3, 0.4) is 0 Å². The van der Waals surface area contributed by atoms with Gasteiger partial charge in [-0.2, -0.15) is 0 Å². The number of ether oxygens (including phenoxy) is 2. The Morgan fingerprint density at radius 1 is 0.977 bits per heavy atom. The first kappa shape index (κ1) is 33.4. The SMILES string of the molecule is CS(=O)(=O)c1ccc(C(=O)Nc2cccnc2C(=O)Nc2ccc(Cl)cn2)c(OC[C@H](CN)OCc2ccccc2)c1.Cl. The minimum atomic E-state index is -3.61. The molecular formula is C29H29Cl2N5O6S. The van der Waals surface area contributed by atoms with Crippen molar-refractivity contribution in [3.8, 4) is 5.75 Å². The van der Waals surface area contributed by atoms with E-state index in [1.54, 1.807) is 12.1 Å². The normalized spacial score (nSPS) is 11.6. The molecule has 0 radical (unpaired) electrons. The van der Waals surface area contributed by atoms with Crippen molar-refractivity contribution in [1.82, 2.24) is 9.97 Å². The summed E-state index contributed by atoms with van der Waals surface area (Å²) in [6.07, 6.45) is 3.28. The number of rotatable bonds is 12. The molecule has 0 aliphatic carbocycles. The number of benzene rings is 2. The zero-order valence-electron chi connectivity index (χ0n) is 22.9. The molecule has 0 spiro atoms. The molecule has 226 valence electrons. The number of nitrogens with one attached hydrogen (secondary N) is 2. The van der Waals surface area contributed by atoms with Crippen LogP contribution in [0.25, 0.3) is 0 Å². The highest BCUT2D eigenvalue weighted by molar-refractivity contribution is 7.90. The molecule has 0 saturated carbocycles. The second-order valence-corrected chi connectivity index (χ2v) is 11.5. The van der Waals surface area contributed by atoms with Crippen molar-refractivity contribution >= 4 is 57.2 Å². The second kappa shape index (κ2) is 15.4. The lowest BCUT2D eigenvalue weighted by molar-refractivity contribution is 0.0150. The van der Waals surface area contributed by atoms with Crippen molar-refractivity contribution < 1.29 is 27.5 Å². The fourth-order valence-electron chi connectivity index (χ4n) is 3.70. The summed E-state index contributed by atoms with van der Waals surface area (Å²) in [5, 5.41) is 5.66. The molecule has 43 heavy (non-hydrogen) atoms. The van der Waals surface area contributed by atoms with Gasteiger partial charge in [0.1, 0.15) is 24.3 Å². The summed E-state index contributed by atoms with van der Waals surface area (Å²) in [5.74, 6) is -1.04. The van der Waals surface area contributed by atoms with Gasteiger partial charge in [-0.1, -0.05) is 41.9 Å². The van der Waals surface area contributed by atoms with Gasteiger partial charge in [0.15, 0.2) is 15.5 Å². The third-order valence-corrected chi connectivity index (χ3v) is 7.22. The molecule has 0 aliphatic heterocycles. The molecule has 4 aromatic rings. The first-order valence-corrected chi connectivity index (χ1v) is 14.9. The molecule has 0 unspecified atom stereocenters. The number of amides is 2. The molecule has 0 aliphatic rings. The van der Waals surface area contributed by atoms with Crippen molar-refractivity contribution in [3.63, 3.8) is 0 Å². The standard InChI is InChI=1S/C29H28ClN5O6S.ClH/c1-42(38,39)22-10-11-23(25(14-22)41-18-21(15-31)40-17-19-6-3-2-4-7-19)28(36)34-24-8-5-13-32-27(24)29(37)35-26-12-9-20(30)16-33-26;/h2-14,16,21H,15,17-18,31H2,1H3,(H,34,36)(H,33,35,37);1H/t21-;/m0./s1. The first-order chi connectivity index (χ1) is 20.1. The summed E-state index contributed by atoms with van der Waals surface area (Å²) in [6, 6.07) is 19.5. The van der Waals surface area contributed by atoms with Crippen LogP contribution in [-0.4, -0.2) is 55.7 Å². The van der Waals surface area contributed by atoms with E-state index in [0.29, 0.717) is 11.6 Å². The van der Waals surface area contributed by atoms with Crippen LogP contribution in [-0.2, 0) is 21.2 Å². The van der Waals surface area contributed by atoms with Crippen LogP contribution < -0.4 is 21.1 Å². The van der Waals surface area contributed by atoms with Gasteiger partial charge in [0.2, 0.25) is 0 Å². The Morgan fingerprint density at radius 2 is 1.74 bits per heavy atom. The van der Waals surface area contributed by atoms with Crippen LogP contribution in [0.5, 0.6) is 5.75 Å². The maximum absolute atomic E-state index is 13.4. The molecule has 1 atom stereocenters. The van der Waals surface area contributed by atoms with Gasteiger partial charge in [-0.05, 0) is 48.0 Å². The van der Waals surface area contributed by atoms with E-state index in [9.17, 15) is 18.0 Å². The summed E-state index contributed by atoms with van der Waals surface area (Å²) in [6.45, 7) is 0.364. The van der Waals surface area contributed by atoms with E-state index >= 15 is 0 Å². The molecular weight excluding hydrogens is 617 g/mol. The molecule has 0 fully saturated rings. The highest BCUT2D eigenvalue weighted by Crippen LogP contribution is 2.26. The Hall–Kier alpha value is -4.07. The van der Waals surface area contributed by atoms with Gasteiger partial charge < -0.3 is 25.8 Å². The van der Waals surface area contributed by atoms with Gasteiger partial charge in [-0.25, -0.2) is 18.4 Å². The number of carbonyl (C=O) groups excluding carboxylic acids is 2. The van der Waals surface area contributed by atoms with E-state index in [4.69, 9.17) is 26.8 Å². The molecule has 0 saturated heterocycles. The topological polar surface area (TPSA) is 163 Å². The van der Waals surface area contributed by atoms with Crippen LogP contribution in [0.15, 0.2) is 90.1 Å². The Morgan fingerprint density at radius 3 is 2.42 bits per heavy atom. The van der Waals surface area contributed by atoms with Crippen LogP contribution >= 0.6 is 24.0 Å². The Labute approximate surface area is 260 Å². The minimum Gasteiger partial charge on any atom is -0.490 e. The van der Waals surface area contributed by atoms with Crippen LogP contribution in [0.1, 0.15) is 26.4 Å². The zero-order valence-corrected chi connectivity index (χ0v) is 25.3. The molecule has 2 amide bonds. The molecule has 2 heterocycles. The number of aromatic nitrogens is 2. The summed E-state index contributed by atoms with van der Waals surface area (Å²) in [7, 11) is -3.61. The lowest BCUT2D eigenvalue weighted by Gasteiger charge is -2.19. The Kier molecular flexibility index (Phi) is 12.0. The molecule has 14 heteroatoms. The van der Waals surface area contributed by atoms with Crippen molar-refractivity contribution in [2.75, 3.05) is 30.0 Å². The fourth-order valence-corrected chi connectivity index (χ4v) is 4.45. The van der Waals surface area contributed by atoms with Gasteiger partial charge in [0.05, 0.1) is 27.8 Å².